The van der Waals surface area contributed by atoms with Crippen LogP contribution in [-0.4, -0.2) is 60.0 Å². The number of rotatable bonds is 5. The van der Waals surface area contributed by atoms with Crippen LogP contribution < -0.4 is 15.2 Å². The van der Waals surface area contributed by atoms with Crippen LogP contribution in [0.5, 0.6) is 0 Å². The number of pyridine rings is 1. The van der Waals surface area contributed by atoms with E-state index in [-0.39, 0.29) is 16.9 Å². The molecule has 1 N–H and O–H groups in total. The normalized spacial score (nSPS) is 20.5. The van der Waals surface area contributed by atoms with Gasteiger partial charge >= 0.3 is 12.1 Å². The van der Waals surface area contributed by atoms with Crippen LogP contribution in [0.25, 0.3) is 28.0 Å². The fourth-order valence-corrected chi connectivity index (χ4v) is 6.32. The summed E-state index contributed by atoms with van der Waals surface area (Å²) in [5.41, 5.74) is -0.363. The second-order valence-electron chi connectivity index (χ2n) is 11.1. The molecule has 0 aliphatic carbocycles. The highest BCUT2D eigenvalue weighted by molar-refractivity contribution is 5.88. The van der Waals surface area contributed by atoms with Gasteiger partial charge in [0, 0.05) is 67.7 Å². The molecular weight excluding hydrogens is 553 g/mol. The second kappa shape index (κ2) is 9.90. The standard InChI is InChI=1S/C30H27F3N4O5/c31-30(32,33)22-9-17(3-6-24(22)35-7-1-2-8-35)25-11-26(38)21(28(39)40)14-37(25)20-4-5-23-27(10-20)42-29(34-23)36-12-18-15-41-16-19(18)13-36/h3-6,9-11,14,18-19H,1-2,7-8,12-13,15-16H2,(H,39,40). The van der Waals surface area contributed by atoms with E-state index in [9.17, 15) is 27.9 Å². The van der Waals surface area contributed by atoms with E-state index in [1.54, 1.807) is 23.1 Å². The SMILES string of the molecule is O=C(O)c1cn(-c2ccc3nc(N4CC5COCC5C4)oc3c2)c(-c2ccc(N3CCCC3)c(C(F)(F)F)c2)cc1=O. The zero-order chi connectivity index (χ0) is 29.2. The Bertz CT molecular complexity index is 1750. The van der Waals surface area contributed by atoms with Gasteiger partial charge in [0.05, 0.1) is 24.5 Å². The first-order valence-corrected chi connectivity index (χ1v) is 13.9. The lowest BCUT2D eigenvalue weighted by atomic mass is 10.0. The molecule has 0 amide bonds. The molecular formula is C30H27F3N4O5. The predicted octanol–water partition coefficient (Wildman–Crippen LogP) is 5.05. The van der Waals surface area contributed by atoms with Gasteiger partial charge in [-0.15, -0.1) is 0 Å². The van der Waals surface area contributed by atoms with Crippen molar-refractivity contribution in [1.82, 2.24) is 9.55 Å². The fourth-order valence-electron chi connectivity index (χ4n) is 6.32. The number of hydrogen-bond acceptors (Lipinski definition) is 7. The molecule has 12 heteroatoms. The average molecular weight is 581 g/mol. The maximum atomic E-state index is 14.2. The Morgan fingerprint density at radius 2 is 1.71 bits per heavy atom. The van der Waals surface area contributed by atoms with Crippen molar-refractivity contribution in [2.24, 2.45) is 11.8 Å². The molecule has 2 aromatic carbocycles. The lowest BCUT2D eigenvalue weighted by molar-refractivity contribution is -0.137. The number of hydrogen-bond donors (Lipinski definition) is 1. The van der Waals surface area contributed by atoms with Gasteiger partial charge in [0.1, 0.15) is 11.1 Å². The molecule has 0 saturated carbocycles. The molecule has 3 saturated heterocycles. The Morgan fingerprint density at radius 1 is 0.976 bits per heavy atom. The summed E-state index contributed by atoms with van der Waals surface area (Å²) in [5.74, 6) is -0.591. The molecule has 5 heterocycles. The summed E-state index contributed by atoms with van der Waals surface area (Å²) in [5, 5.41) is 9.66. The summed E-state index contributed by atoms with van der Waals surface area (Å²) >= 11 is 0. The summed E-state index contributed by atoms with van der Waals surface area (Å²) in [6, 6.07) is 10.5. The molecule has 4 aromatic rings. The third-order valence-corrected chi connectivity index (χ3v) is 8.48. The molecule has 0 radical (unpaired) electrons. The van der Waals surface area contributed by atoms with E-state index in [0.29, 0.717) is 60.9 Å². The summed E-state index contributed by atoms with van der Waals surface area (Å²) in [6.45, 7) is 4.03. The van der Waals surface area contributed by atoms with Crippen molar-refractivity contribution in [3.8, 4) is 16.9 Å². The third-order valence-electron chi connectivity index (χ3n) is 8.48. The number of nitrogens with zero attached hydrogens (tertiary/aromatic N) is 4. The maximum absolute atomic E-state index is 14.2. The van der Waals surface area contributed by atoms with Gasteiger partial charge in [0.25, 0.3) is 6.01 Å². The molecule has 218 valence electrons. The highest BCUT2D eigenvalue weighted by Gasteiger charge is 2.39. The number of aromatic carboxylic acids is 1. The van der Waals surface area contributed by atoms with Crippen LogP contribution in [0.15, 0.2) is 57.9 Å². The van der Waals surface area contributed by atoms with Crippen molar-refractivity contribution in [3.63, 3.8) is 0 Å². The first kappa shape index (κ1) is 26.6. The van der Waals surface area contributed by atoms with Crippen LogP contribution in [-0.2, 0) is 10.9 Å². The number of halogens is 3. The van der Waals surface area contributed by atoms with Crippen molar-refractivity contribution in [1.29, 1.82) is 0 Å². The molecule has 0 spiro atoms. The topological polar surface area (TPSA) is 101 Å². The zero-order valence-corrected chi connectivity index (χ0v) is 22.4. The van der Waals surface area contributed by atoms with Crippen LogP contribution in [0, 0.1) is 11.8 Å². The molecule has 3 aliphatic rings. The van der Waals surface area contributed by atoms with Crippen molar-refractivity contribution in [3.05, 3.63) is 70.0 Å². The average Bonchev–Trinajstić information content (AvgIpc) is 3.75. The summed E-state index contributed by atoms with van der Waals surface area (Å²) in [7, 11) is 0. The Kier molecular flexibility index (Phi) is 6.26. The van der Waals surface area contributed by atoms with Gasteiger partial charge in [-0.1, -0.05) is 6.07 Å². The van der Waals surface area contributed by atoms with Crippen LogP contribution in [0.3, 0.4) is 0 Å². The van der Waals surface area contributed by atoms with Crippen molar-refractivity contribution in [2.45, 2.75) is 19.0 Å². The van der Waals surface area contributed by atoms with Crippen molar-refractivity contribution < 1.29 is 32.2 Å². The van der Waals surface area contributed by atoms with E-state index in [0.717, 1.165) is 44.3 Å². The van der Waals surface area contributed by atoms with Crippen molar-refractivity contribution in [2.75, 3.05) is 49.2 Å². The van der Waals surface area contributed by atoms with Gasteiger partial charge in [-0.05, 0) is 42.7 Å². The first-order valence-electron chi connectivity index (χ1n) is 13.9. The molecule has 3 aliphatic heterocycles. The third kappa shape index (κ3) is 4.59. The minimum atomic E-state index is -4.63. The van der Waals surface area contributed by atoms with E-state index in [4.69, 9.17) is 9.15 Å². The number of anilines is 2. The van der Waals surface area contributed by atoms with Crippen LogP contribution in [0.4, 0.5) is 24.9 Å². The Morgan fingerprint density at radius 3 is 2.40 bits per heavy atom. The van der Waals surface area contributed by atoms with Gasteiger partial charge in [-0.25, -0.2) is 4.79 Å². The van der Waals surface area contributed by atoms with Crippen molar-refractivity contribution >= 4 is 28.8 Å². The maximum Gasteiger partial charge on any atom is 0.418 e. The lowest BCUT2D eigenvalue weighted by Gasteiger charge is -2.24. The number of fused-ring (bicyclic) bond motifs is 2. The van der Waals surface area contributed by atoms with E-state index in [1.807, 2.05) is 0 Å². The summed E-state index contributed by atoms with van der Waals surface area (Å²) < 4.78 is 55.8. The van der Waals surface area contributed by atoms with Gasteiger partial charge < -0.3 is 28.6 Å². The minimum Gasteiger partial charge on any atom is -0.477 e. The Hall–Kier alpha value is -4.32. The van der Waals surface area contributed by atoms with E-state index < -0.39 is 28.7 Å². The Balaban J connectivity index is 1.33. The van der Waals surface area contributed by atoms with Gasteiger partial charge in [0.2, 0.25) is 0 Å². The predicted molar refractivity (Wildman–Crippen MR) is 148 cm³/mol. The van der Waals surface area contributed by atoms with Crippen LogP contribution in [0.1, 0.15) is 28.8 Å². The van der Waals surface area contributed by atoms with Gasteiger partial charge in [0.15, 0.2) is 11.0 Å². The number of benzene rings is 2. The molecule has 7 rings (SSSR count). The number of ether oxygens (including phenoxy) is 1. The molecule has 0 bridgehead atoms. The zero-order valence-electron chi connectivity index (χ0n) is 22.4. The lowest BCUT2D eigenvalue weighted by Crippen LogP contribution is -2.22. The largest absolute Gasteiger partial charge is 0.477 e. The molecule has 2 unspecified atom stereocenters. The van der Waals surface area contributed by atoms with Crippen LogP contribution in [0.2, 0.25) is 0 Å². The highest BCUT2D eigenvalue weighted by Crippen LogP contribution is 2.41. The fraction of sp³-hybridized carbons (Fsp3) is 0.367. The highest BCUT2D eigenvalue weighted by atomic mass is 19.4. The van der Waals surface area contributed by atoms with E-state index in [1.165, 1.54) is 16.7 Å². The first-order chi connectivity index (χ1) is 20.2. The summed E-state index contributed by atoms with van der Waals surface area (Å²) in [4.78, 5) is 33.0. The smallest absolute Gasteiger partial charge is 0.418 e. The number of carboxylic acids is 1. The van der Waals surface area contributed by atoms with Crippen LogP contribution >= 0.6 is 0 Å². The molecule has 9 nitrogen and oxygen atoms in total. The number of carbonyl (C=O) groups is 1. The monoisotopic (exact) mass is 580 g/mol. The van der Waals surface area contributed by atoms with E-state index >= 15 is 0 Å². The second-order valence-corrected chi connectivity index (χ2v) is 11.1. The van der Waals surface area contributed by atoms with Gasteiger partial charge in [-0.3, -0.25) is 4.79 Å². The van der Waals surface area contributed by atoms with E-state index in [2.05, 4.69) is 9.88 Å². The molecule has 2 atom stereocenters. The number of aromatic nitrogens is 2. The molecule has 42 heavy (non-hydrogen) atoms. The number of oxazole rings is 1. The quantitative estimate of drug-likeness (QED) is 0.350. The minimum absolute atomic E-state index is 0.0908. The summed E-state index contributed by atoms with van der Waals surface area (Å²) in [6.07, 6.45) is -1.86. The number of carboxylic acid groups (broad SMARTS) is 1. The molecule has 2 aromatic heterocycles. The Labute approximate surface area is 237 Å². The molecule has 3 fully saturated rings. The number of alkyl halides is 3. The van der Waals surface area contributed by atoms with Gasteiger partial charge in [-0.2, -0.15) is 18.2 Å².